The fourth-order valence-corrected chi connectivity index (χ4v) is 3.23. The Labute approximate surface area is 116 Å². The summed E-state index contributed by atoms with van der Waals surface area (Å²) in [6.45, 7) is 5.30. The molecule has 0 aromatic heterocycles. The molecular formula is C16H26N2O. The summed E-state index contributed by atoms with van der Waals surface area (Å²) in [5, 5.41) is 0. The van der Waals surface area contributed by atoms with Crippen molar-refractivity contribution in [2.45, 2.75) is 38.1 Å². The molecule has 1 aromatic carbocycles. The van der Waals surface area contributed by atoms with Gasteiger partial charge in [-0.2, -0.15) is 0 Å². The molecule has 19 heavy (non-hydrogen) atoms. The van der Waals surface area contributed by atoms with Gasteiger partial charge < -0.3 is 15.4 Å². The molecule has 1 aliphatic rings. The van der Waals surface area contributed by atoms with E-state index in [2.05, 4.69) is 24.0 Å². The Bertz CT molecular complexity index is 377. The number of benzene rings is 1. The second-order valence-electron chi connectivity index (χ2n) is 5.31. The van der Waals surface area contributed by atoms with Crippen LogP contribution in [0.3, 0.4) is 0 Å². The second kappa shape index (κ2) is 6.92. The predicted molar refractivity (Wildman–Crippen MR) is 79.7 cm³/mol. The van der Waals surface area contributed by atoms with Gasteiger partial charge in [0.25, 0.3) is 0 Å². The van der Waals surface area contributed by atoms with Crippen molar-refractivity contribution in [3.63, 3.8) is 0 Å². The minimum absolute atomic E-state index is 0.436. The molecule has 0 saturated carbocycles. The van der Waals surface area contributed by atoms with Gasteiger partial charge in [-0.15, -0.1) is 0 Å². The molecular weight excluding hydrogens is 236 g/mol. The normalized spacial score (nSPS) is 22.2. The molecule has 2 rings (SSSR count). The van der Waals surface area contributed by atoms with Crippen LogP contribution in [0.15, 0.2) is 24.3 Å². The molecule has 2 unspecified atom stereocenters. The van der Waals surface area contributed by atoms with Gasteiger partial charge in [0.2, 0.25) is 0 Å². The van der Waals surface area contributed by atoms with E-state index in [0.717, 1.165) is 12.3 Å². The Balaban J connectivity index is 2.17. The largest absolute Gasteiger partial charge is 0.497 e. The summed E-state index contributed by atoms with van der Waals surface area (Å²) < 4.78 is 5.23. The lowest BCUT2D eigenvalue weighted by atomic mass is 9.85. The molecule has 3 nitrogen and oxygen atoms in total. The molecule has 0 spiro atoms. The van der Waals surface area contributed by atoms with Gasteiger partial charge in [-0.3, -0.25) is 0 Å². The maximum Gasteiger partial charge on any atom is 0.118 e. The smallest absolute Gasteiger partial charge is 0.118 e. The van der Waals surface area contributed by atoms with E-state index in [0.29, 0.717) is 18.5 Å². The lowest BCUT2D eigenvalue weighted by Crippen LogP contribution is -2.45. The summed E-state index contributed by atoms with van der Waals surface area (Å²) in [6, 6.07) is 9.00. The number of ether oxygens (including phenoxy) is 1. The summed E-state index contributed by atoms with van der Waals surface area (Å²) >= 11 is 0. The minimum Gasteiger partial charge on any atom is -0.497 e. The Kier molecular flexibility index (Phi) is 5.23. The zero-order chi connectivity index (χ0) is 13.7. The summed E-state index contributed by atoms with van der Waals surface area (Å²) in [5.74, 6) is 1.35. The average molecular weight is 262 g/mol. The van der Waals surface area contributed by atoms with Gasteiger partial charge in [0.1, 0.15) is 5.75 Å². The average Bonchev–Trinajstić information content (AvgIpc) is 2.49. The maximum atomic E-state index is 6.07. The van der Waals surface area contributed by atoms with Gasteiger partial charge in [0.05, 0.1) is 7.11 Å². The van der Waals surface area contributed by atoms with Crippen LogP contribution in [0.5, 0.6) is 5.75 Å². The van der Waals surface area contributed by atoms with E-state index in [-0.39, 0.29) is 0 Å². The molecule has 1 aromatic rings. The first-order valence-electron chi connectivity index (χ1n) is 7.38. The number of nitrogens with two attached hydrogens (primary N) is 1. The van der Waals surface area contributed by atoms with Crippen LogP contribution < -0.4 is 10.5 Å². The van der Waals surface area contributed by atoms with E-state index in [1.807, 2.05) is 12.1 Å². The van der Waals surface area contributed by atoms with Gasteiger partial charge in [-0.05, 0) is 43.6 Å². The third-order valence-corrected chi connectivity index (χ3v) is 4.33. The van der Waals surface area contributed by atoms with Crippen molar-refractivity contribution in [1.29, 1.82) is 0 Å². The third kappa shape index (κ3) is 3.28. The molecule has 0 bridgehead atoms. The molecule has 2 atom stereocenters. The van der Waals surface area contributed by atoms with E-state index in [9.17, 15) is 0 Å². The van der Waals surface area contributed by atoms with Crippen LogP contribution in [-0.4, -0.2) is 37.7 Å². The van der Waals surface area contributed by atoms with Gasteiger partial charge in [0, 0.05) is 18.5 Å². The van der Waals surface area contributed by atoms with Crippen LogP contribution in [0.2, 0.25) is 0 Å². The predicted octanol–water partition coefficient (Wildman–Crippen LogP) is 2.61. The van der Waals surface area contributed by atoms with Crippen LogP contribution in [-0.2, 0) is 0 Å². The second-order valence-corrected chi connectivity index (χ2v) is 5.31. The van der Waals surface area contributed by atoms with E-state index >= 15 is 0 Å². The molecule has 1 aliphatic heterocycles. The molecule has 2 N–H and O–H groups in total. The fraction of sp³-hybridized carbons (Fsp3) is 0.625. The van der Waals surface area contributed by atoms with Crippen LogP contribution in [0.1, 0.15) is 37.7 Å². The first-order chi connectivity index (χ1) is 9.30. The van der Waals surface area contributed by atoms with E-state index in [4.69, 9.17) is 10.5 Å². The molecule has 106 valence electrons. The third-order valence-electron chi connectivity index (χ3n) is 4.33. The Morgan fingerprint density at radius 2 is 2.05 bits per heavy atom. The highest BCUT2D eigenvalue weighted by atomic mass is 16.5. The first kappa shape index (κ1) is 14.4. The van der Waals surface area contributed by atoms with Crippen molar-refractivity contribution in [3.05, 3.63) is 29.8 Å². The summed E-state index contributed by atoms with van der Waals surface area (Å²) in [7, 11) is 1.70. The highest BCUT2D eigenvalue weighted by Crippen LogP contribution is 2.30. The van der Waals surface area contributed by atoms with Crippen molar-refractivity contribution in [1.82, 2.24) is 4.90 Å². The molecule has 1 saturated heterocycles. The van der Waals surface area contributed by atoms with E-state index in [1.165, 1.54) is 31.4 Å². The highest BCUT2D eigenvalue weighted by Gasteiger charge is 2.29. The summed E-state index contributed by atoms with van der Waals surface area (Å²) in [6.07, 6.45) is 3.92. The van der Waals surface area contributed by atoms with E-state index in [1.54, 1.807) is 7.11 Å². The van der Waals surface area contributed by atoms with Crippen molar-refractivity contribution in [2.75, 3.05) is 26.7 Å². The van der Waals surface area contributed by atoms with Crippen LogP contribution >= 0.6 is 0 Å². The summed E-state index contributed by atoms with van der Waals surface area (Å²) in [4.78, 5) is 2.59. The summed E-state index contributed by atoms with van der Waals surface area (Å²) in [5.41, 5.74) is 7.41. The highest BCUT2D eigenvalue weighted by molar-refractivity contribution is 5.30. The molecule has 0 radical (unpaired) electrons. The number of hydrogen-bond donors (Lipinski definition) is 1. The first-order valence-corrected chi connectivity index (χ1v) is 7.38. The lowest BCUT2D eigenvalue weighted by molar-refractivity contribution is 0.134. The molecule has 0 amide bonds. The number of likely N-dealkylation sites (N-methyl/N-ethyl adjacent to an activating group) is 1. The monoisotopic (exact) mass is 262 g/mol. The van der Waals surface area contributed by atoms with Crippen LogP contribution in [0.4, 0.5) is 0 Å². The molecule has 0 aliphatic carbocycles. The van der Waals surface area contributed by atoms with E-state index < -0.39 is 0 Å². The standard InChI is InChI=1S/C16H26N2O/c1-3-18-11-5-4-6-16(18)15(12-17)13-7-9-14(19-2)10-8-13/h7-10,15-16H,3-6,11-12,17H2,1-2H3. The quantitative estimate of drug-likeness (QED) is 0.886. The Hall–Kier alpha value is -1.06. The number of methoxy groups -OCH3 is 1. The molecule has 1 heterocycles. The van der Waals surface area contributed by atoms with Crippen molar-refractivity contribution in [2.24, 2.45) is 5.73 Å². The van der Waals surface area contributed by atoms with Crippen molar-refractivity contribution in [3.8, 4) is 5.75 Å². The van der Waals surface area contributed by atoms with Crippen LogP contribution in [0.25, 0.3) is 0 Å². The van der Waals surface area contributed by atoms with Gasteiger partial charge in [-0.1, -0.05) is 25.5 Å². The van der Waals surface area contributed by atoms with Crippen LogP contribution in [0, 0.1) is 0 Å². The minimum atomic E-state index is 0.436. The molecule has 1 fully saturated rings. The maximum absolute atomic E-state index is 6.07. The van der Waals surface area contributed by atoms with Gasteiger partial charge in [0.15, 0.2) is 0 Å². The Morgan fingerprint density at radius 3 is 2.63 bits per heavy atom. The number of likely N-dealkylation sites (tertiary alicyclic amines) is 1. The lowest BCUT2D eigenvalue weighted by Gasteiger charge is -2.39. The van der Waals surface area contributed by atoms with Crippen molar-refractivity contribution < 1.29 is 4.74 Å². The number of piperidine rings is 1. The molecule has 3 heteroatoms. The number of rotatable bonds is 5. The number of nitrogens with zero attached hydrogens (tertiary/aromatic N) is 1. The Morgan fingerprint density at radius 1 is 1.32 bits per heavy atom. The van der Waals surface area contributed by atoms with Gasteiger partial charge in [-0.25, -0.2) is 0 Å². The zero-order valence-electron chi connectivity index (χ0n) is 12.1. The van der Waals surface area contributed by atoms with Gasteiger partial charge >= 0.3 is 0 Å². The van der Waals surface area contributed by atoms with Crippen molar-refractivity contribution >= 4 is 0 Å². The topological polar surface area (TPSA) is 38.5 Å². The fourth-order valence-electron chi connectivity index (χ4n) is 3.23. The number of hydrogen-bond acceptors (Lipinski definition) is 3. The SMILES string of the molecule is CCN1CCCCC1C(CN)c1ccc(OC)cc1. The zero-order valence-corrected chi connectivity index (χ0v) is 12.1.